The first kappa shape index (κ1) is 8.05. The maximum atomic E-state index is 2.31. The Hall–Kier alpha value is -0.0500. The van der Waals surface area contributed by atoms with Gasteiger partial charge in [-0.2, -0.15) is 0 Å². The molecule has 56 valence electrons. The molecule has 0 heterocycles. The van der Waals surface area contributed by atoms with Crippen LogP contribution in [0.1, 0.15) is 11.1 Å². The molecule has 0 spiro atoms. The van der Waals surface area contributed by atoms with E-state index in [1.54, 1.807) is 3.57 Å². The third-order valence-corrected chi connectivity index (χ3v) is 4.07. The Kier molecular flexibility index (Phi) is 2.72. The summed E-state index contributed by atoms with van der Waals surface area (Å²) in [7, 11) is 0. The van der Waals surface area contributed by atoms with Gasteiger partial charge in [0.15, 0.2) is 0 Å². The number of halogens is 1. The molecule has 0 bridgehead atoms. The fourth-order valence-electron chi connectivity index (χ4n) is 0.920. The Morgan fingerprint density at radius 2 is 1.90 bits per heavy atom. The molecule has 0 fully saturated rings. The number of hydrogen-bond acceptors (Lipinski definition) is 0. The Bertz CT molecular complexity index is 228. The number of hydrogen-bond donors (Lipinski definition) is 0. The summed E-state index contributed by atoms with van der Waals surface area (Å²) in [5.74, 6) is 0. The van der Waals surface area contributed by atoms with E-state index >= 15 is 0 Å². The van der Waals surface area contributed by atoms with Gasteiger partial charge in [-0.25, -0.2) is 0 Å². The van der Waals surface area contributed by atoms with Crippen LogP contribution in [0.15, 0.2) is 18.2 Å². The van der Waals surface area contributed by atoms with Crippen molar-refractivity contribution in [2.75, 3.05) is 4.93 Å². The first-order chi connectivity index (χ1) is 4.75. The van der Waals surface area contributed by atoms with Gasteiger partial charge in [0, 0.05) is 0 Å². The van der Waals surface area contributed by atoms with Gasteiger partial charge >= 0.3 is 72.9 Å². The summed E-state index contributed by atoms with van der Waals surface area (Å²) in [5, 5.41) is 0. The summed E-state index contributed by atoms with van der Waals surface area (Å²) in [4.78, 5) is 2.31. The van der Waals surface area contributed by atoms with E-state index in [1.165, 1.54) is 11.1 Å². The van der Waals surface area contributed by atoms with Crippen LogP contribution in [0.25, 0.3) is 0 Å². The average molecular weight is 247 g/mol. The molecule has 1 aromatic rings. The van der Waals surface area contributed by atoms with Gasteiger partial charge < -0.3 is 0 Å². The van der Waals surface area contributed by atoms with E-state index in [-0.39, 0.29) is 21.2 Å². The molecule has 0 aliphatic heterocycles. The van der Waals surface area contributed by atoms with Crippen molar-refractivity contribution in [3.8, 4) is 0 Å². The fourth-order valence-corrected chi connectivity index (χ4v) is 2.72. The Balaban J connectivity index is 3.14. The molecule has 0 N–H and O–H groups in total. The molecule has 1 heteroatoms. The van der Waals surface area contributed by atoms with Crippen molar-refractivity contribution in [1.82, 2.24) is 0 Å². The van der Waals surface area contributed by atoms with Gasteiger partial charge in [0.2, 0.25) is 0 Å². The Morgan fingerprint density at radius 1 is 1.20 bits per heavy atom. The average Bonchev–Trinajstić information content (AvgIpc) is 1.95. The van der Waals surface area contributed by atoms with Gasteiger partial charge in [-0.3, -0.25) is 0 Å². The van der Waals surface area contributed by atoms with Gasteiger partial charge in [-0.15, -0.1) is 0 Å². The molecule has 0 aliphatic rings. The third-order valence-electron chi connectivity index (χ3n) is 1.74. The van der Waals surface area contributed by atoms with Crippen molar-refractivity contribution in [3.63, 3.8) is 0 Å². The maximum absolute atomic E-state index is 2.31. The molecule has 0 unspecified atom stereocenters. The molecule has 0 radical (unpaired) electrons. The summed E-state index contributed by atoms with van der Waals surface area (Å²) >= 11 is 0.271. The van der Waals surface area contributed by atoms with Crippen molar-refractivity contribution in [2.45, 2.75) is 13.8 Å². The predicted octanol–water partition coefficient (Wildman–Crippen LogP) is -0.808. The molecular formula is C9H12I-. The van der Waals surface area contributed by atoms with E-state index in [4.69, 9.17) is 0 Å². The summed E-state index contributed by atoms with van der Waals surface area (Å²) in [5.41, 5.74) is 2.93. The van der Waals surface area contributed by atoms with E-state index in [0.717, 1.165) is 0 Å². The topological polar surface area (TPSA) is 0 Å². The van der Waals surface area contributed by atoms with E-state index in [0.29, 0.717) is 0 Å². The van der Waals surface area contributed by atoms with Crippen LogP contribution in [0.5, 0.6) is 0 Å². The third kappa shape index (κ3) is 1.51. The molecule has 1 aromatic carbocycles. The van der Waals surface area contributed by atoms with E-state index in [9.17, 15) is 0 Å². The molecule has 0 saturated heterocycles. The summed E-state index contributed by atoms with van der Waals surface area (Å²) < 4.78 is 1.58. The van der Waals surface area contributed by atoms with Crippen LogP contribution < -0.4 is 21.2 Å². The molecule has 0 atom stereocenters. The second-order valence-corrected chi connectivity index (χ2v) is 4.61. The molecule has 0 nitrogen and oxygen atoms in total. The van der Waals surface area contributed by atoms with Crippen LogP contribution in [0, 0.1) is 17.4 Å². The van der Waals surface area contributed by atoms with Gasteiger partial charge in [0.25, 0.3) is 0 Å². The number of rotatable bonds is 1. The zero-order valence-corrected chi connectivity index (χ0v) is 8.77. The predicted molar refractivity (Wildman–Crippen MR) is 40.5 cm³/mol. The van der Waals surface area contributed by atoms with Gasteiger partial charge in [0.05, 0.1) is 0 Å². The first-order valence-electron chi connectivity index (χ1n) is 3.31. The Labute approximate surface area is 72.9 Å². The zero-order chi connectivity index (χ0) is 7.56. The molecule has 0 aliphatic carbocycles. The normalized spacial score (nSPS) is 10.3. The quantitative estimate of drug-likeness (QED) is 0.450. The van der Waals surface area contributed by atoms with Crippen molar-refractivity contribution in [1.29, 1.82) is 0 Å². The van der Waals surface area contributed by atoms with Gasteiger partial charge in [0.1, 0.15) is 0 Å². The van der Waals surface area contributed by atoms with Crippen LogP contribution in [-0.2, 0) is 0 Å². The summed E-state index contributed by atoms with van der Waals surface area (Å²) in [6.45, 7) is 4.39. The van der Waals surface area contributed by atoms with Gasteiger partial charge in [-0.05, 0) is 0 Å². The molecular weight excluding hydrogens is 235 g/mol. The van der Waals surface area contributed by atoms with E-state index in [2.05, 4.69) is 37.0 Å². The zero-order valence-electron chi connectivity index (χ0n) is 6.61. The van der Waals surface area contributed by atoms with E-state index < -0.39 is 0 Å². The summed E-state index contributed by atoms with van der Waals surface area (Å²) in [6, 6.07) is 6.58. The van der Waals surface area contributed by atoms with Crippen molar-refractivity contribution in [3.05, 3.63) is 32.9 Å². The minimum atomic E-state index is 0.271. The first-order valence-corrected chi connectivity index (χ1v) is 6.55. The SMILES string of the molecule is C[I-]c1cccc(C)c1C. The second kappa shape index (κ2) is 3.37. The van der Waals surface area contributed by atoms with Gasteiger partial charge in [-0.1, -0.05) is 0 Å². The van der Waals surface area contributed by atoms with Crippen molar-refractivity contribution >= 4 is 0 Å². The molecule has 0 aromatic heterocycles. The van der Waals surface area contributed by atoms with Crippen LogP contribution in [-0.4, -0.2) is 4.93 Å². The number of benzene rings is 1. The monoisotopic (exact) mass is 247 g/mol. The molecule has 0 saturated carbocycles. The molecule has 0 amide bonds. The Morgan fingerprint density at radius 3 is 2.40 bits per heavy atom. The molecule has 10 heavy (non-hydrogen) atoms. The van der Waals surface area contributed by atoms with Crippen LogP contribution in [0.4, 0.5) is 0 Å². The van der Waals surface area contributed by atoms with E-state index in [1.807, 2.05) is 0 Å². The van der Waals surface area contributed by atoms with Crippen molar-refractivity contribution < 1.29 is 21.2 Å². The van der Waals surface area contributed by atoms with Crippen LogP contribution in [0.3, 0.4) is 0 Å². The number of alkyl halides is 1. The fraction of sp³-hybridized carbons (Fsp3) is 0.333. The number of aryl methyl sites for hydroxylation is 1. The minimum absolute atomic E-state index is 0.271. The van der Waals surface area contributed by atoms with Crippen molar-refractivity contribution in [2.24, 2.45) is 0 Å². The second-order valence-electron chi connectivity index (χ2n) is 2.37. The van der Waals surface area contributed by atoms with Crippen LogP contribution in [0.2, 0.25) is 0 Å². The standard InChI is InChI=1S/C9H12I/c1-7-5-4-6-9(10-3)8(7)2/h4-6H,1-3H3/q-1. The summed E-state index contributed by atoms with van der Waals surface area (Å²) in [6.07, 6.45) is 0. The van der Waals surface area contributed by atoms with Crippen LogP contribution >= 0.6 is 0 Å². The molecule has 1 rings (SSSR count).